The minimum absolute atomic E-state index is 0.443. The lowest BCUT2D eigenvalue weighted by atomic mass is 9.99. The highest BCUT2D eigenvalue weighted by atomic mass is 35.5. The molecule has 1 atom stereocenters. The molecule has 5 rings (SSSR count). The van der Waals surface area contributed by atoms with E-state index in [4.69, 9.17) is 21.1 Å². The van der Waals surface area contributed by atoms with Crippen molar-refractivity contribution in [2.24, 2.45) is 0 Å². The van der Waals surface area contributed by atoms with Gasteiger partial charge in [-0.05, 0) is 61.2 Å². The van der Waals surface area contributed by atoms with Crippen LogP contribution in [0.1, 0.15) is 48.1 Å². The maximum Gasteiger partial charge on any atom is 0.320 e. The van der Waals surface area contributed by atoms with Gasteiger partial charge in [0.1, 0.15) is 17.9 Å². The van der Waals surface area contributed by atoms with Gasteiger partial charge in [0, 0.05) is 48.5 Å². The SMILES string of the molecule is N#Cc1c(-c2ccccc2)ccnc1C=Cc1cc(OCCCN2CCOCC2)c(CN2CCCCC2C(=O)O)cc1Cl. The van der Waals surface area contributed by atoms with E-state index in [0.29, 0.717) is 48.1 Å². The Balaban J connectivity index is 1.40. The first-order valence-electron chi connectivity index (χ1n) is 14.9. The summed E-state index contributed by atoms with van der Waals surface area (Å²) in [5, 5.41) is 20.3. The van der Waals surface area contributed by atoms with Crippen LogP contribution >= 0.6 is 11.6 Å². The second kappa shape index (κ2) is 15.1. The van der Waals surface area contributed by atoms with Crippen molar-refractivity contribution < 1.29 is 19.4 Å². The van der Waals surface area contributed by atoms with E-state index in [-0.39, 0.29) is 0 Å². The summed E-state index contributed by atoms with van der Waals surface area (Å²) in [7, 11) is 0. The summed E-state index contributed by atoms with van der Waals surface area (Å²) in [5.41, 5.74) is 4.40. The number of carbonyl (C=O) groups is 1. The monoisotopic (exact) mass is 600 g/mol. The van der Waals surface area contributed by atoms with E-state index < -0.39 is 12.0 Å². The summed E-state index contributed by atoms with van der Waals surface area (Å²) in [6.45, 7) is 5.98. The first-order chi connectivity index (χ1) is 21.0. The van der Waals surface area contributed by atoms with Gasteiger partial charge in [-0.1, -0.05) is 54.4 Å². The maximum absolute atomic E-state index is 12.0. The lowest BCUT2D eigenvalue weighted by Crippen LogP contribution is -2.44. The number of likely N-dealkylation sites (tertiary alicyclic amines) is 1. The quantitative estimate of drug-likeness (QED) is 0.268. The van der Waals surface area contributed by atoms with Gasteiger partial charge in [-0.2, -0.15) is 5.26 Å². The van der Waals surface area contributed by atoms with E-state index in [2.05, 4.69) is 16.0 Å². The zero-order valence-electron chi connectivity index (χ0n) is 24.3. The van der Waals surface area contributed by atoms with Crippen LogP contribution in [-0.4, -0.2) is 77.9 Å². The summed E-state index contributed by atoms with van der Waals surface area (Å²) in [4.78, 5) is 20.8. The van der Waals surface area contributed by atoms with Crippen molar-refractivity contribution in [1.82, 2.24) is 14.8 Å². The second-order valence-corrected chi connectivity index (χ2v) is 11.3. The average Bonchev–Trinajstić information content (AvgIpc) is 3.04. The molecule has 3 heterocycles. The molecule has 1 N–H and O–H groups in total. The molecule has 0 saturated carbocycles. The van der Waals surface area contributed by atoms with Gasteiger partial charge in [0.15, 0.2) is 0 Å². The number of aliphatic carboxylic acids is 1. The van der Waals surface area contributed by atoms with Crippen LogP contribution in [0.2, 0.25) is 5.02 Å². The molecule has 9 heteroatoms. The molecule has 0 spiro atoms. The van der Waals surface area contributed by atoms with Crippen LogP contribution in [0.15, 0.2) is 54.7 Å². The third-order valence-electron chi connectivity index (χ3n) is 8.03. The number of nitriles is 1. The van der Waals surface area contributed by atoms with Crippen molar-refractivity contribution in [3.05, 3.63) is 82.1 Å². The average molecular weight is 601 g/mol. The van der Waals surface area contributed by atoms with Crippen LogP contribution in [0.5, 0.6) is 5.75 Å². The van der Waals surface area contributed by atoms with Crippen LogP contribution in [-0.2, 0) is 16.1 Å². The highest BCUT2D eigenvalue weighted by Gasteiger charge is 2.29. The van der Waals surface area contributed by atoms with Gasteiger partial charge in [0.2, 0.25) is 0 Å². The second-order valence-electron chi connectivity index (χ2n) is 10.9. The minimum atomic E-state index is -0.795. The minimum Gasteiger partial charge on any atom is -0.493 e. The first kappa shape index (κ1) is 30.7. The van der Waals surface area contributed by atoms with Crippen molar-refractivity contribution in [3.8, 4) is 22.9 Å². The van der Waals surface area contributed by atoms with Gasteiger partial charge in [-0.3, -0.25) is 19.6 Å². The molecule has 2 aliphatic heterocycles. The summed E-state index contributed by atoms with van der Waals surface area (Å²) < 4.78 is 11.8. The fourth-order valence-electron chi connectivity index (χ4n) is 5.72. The number of carboxylic acid groups (broad SMARTS) is 1. The van der Waals surface area contributed by atoms with E-state index in [9.17, 15) is 15.2 Å². The lowest BCUT2D eigenvalue weighted by Gasteiger charge is -2.33. The fourth-order valence-corrected chi connectivity index (χ4v) is 5.97. The standard InChI is InChI=1S/C34H37ClN4O4/c35-30-21-27(24-39-15-5-4-9-32(39)34(40)41)33(43-18-6-14-38-16-19-42-20-17-38)22-26(30)10-11-31-29(23-36)28(12-13-37-31)25-7-2-1-3-8-25/h1-3,7-8,10-13,21-22,32H,4-6,9,14-20,24H2,(H,40,41). The Bertz CT molecular complexity index is 1470. The van der Waals surface area contributed by atoms with Gasteiger partial charge in [0.05, 0.1) is 31.1 Å². The molecule has 3 aromatic rings. The summed E-state index contributed by atoms with van der Waals surface area (Å²) >= 11 is 6.80. The van der Waals surface area contributed by atoms with E-state index in [1.807, 2.05) is 59.5 Å². The van der Waals surface area contributed by atoms with Crippen LogP contribution in [0.25, 0.3) is 23.3 Å². The van der Waals surface area contributed by atoms with E-state index in [1.54, 1.807) is 12.3 Å². The highest BCUT2D eigenvalue weighted by molar-refractivity contribution is 6.32. The Morgan fingerprint density at radius 3 is 2.72 bits per heavy atom. The molecule has 1 unspecified atom stereocenters. The number of carboxylic acids is 1. The Kier molecular flexibility index (Phi) is 10.8. The molecule has 8 nitrogen and oxygen atoms in total. The number of benzene rings is 2. The number of halogens is 1. The number of hydrogen-bond acceptors (Lipinski definition) is 7. The molecule has 1 aromatic heterocycles. The smallest absolute Gasteiger partial charge is 0.320 e. The Morgan fingerprint density at radius 2 is 1.95 bits per heavy atom. The van der Waals surface area contributed by atoms with Crippen LogP contribution < -0.4 is 4.74 Å². The Hall–Kier alpha value is -3.74. The number of ether oxygens (including phenoxy) is 2. The number of piperidine rings is 1. The molecular formula is C34H37ClN4O4. The topological polar surface area (TPSA) is 98.9 Å². The zero-order valence-corrected chi connectivity index (χ0v) is 25.0. The summed E-state index contributed by atoms with van der Waals surface area (Å²) in [6.07, 6.45) is 8.72. The normalized spacial score (nSPS) is 18.0. The zero-order chi connectivity index (χ0) is 30.0. The Labute approximate surface area is 258 Å². The Morgan fingerprint density at radius 1 is 1.14 bits per heavy atom. The number of hydrogen-bond donors (Lipinski definition) is 1. The number of aromatic nitrogens is 1. The molecule has 2 aliphatic rings. The highest BCUT2D eigenvalue weighted by Crippen LogP contribution is 2.32. The number of morpholine rings is 1. The molecule has 43 heavy (non-hydrogen) atoms. The predicted octanol–water partition coefficient (Wildman–Crippen LogP) is 5.98. The van der Waals surface area contributed by atoms with Crippen molar-refractivity contribution in [3.63, 3.8) is 0 Å². The van der Waals surface area contributed by atoms with Crippen molar-refractivity contribution in [2.75, 3.05) is 46.0 Å². The molecule has 0 radical (unpaired) electrons. The van der Waals surface area contributed by atoms with Crippen molar-refractivity contribution in [2.45, 2.75) is 38.3 Å². The maximum atomic E-state index is 12.0. The molecule has 2 aromatic carbocycles. The fraction of sp³-hybridized carbons (Fsp3) is 0.382. The lowest BCUT2D eigenvalue weighted by molar-refractivity contribution is -0.144. The molecule has 0 bridgehead atoms. The molecule has 224 valence electrons. The van der Waals surface area contributed by atoms with Gasteiger partial charge < -0.3 is 14.6 Å². The third-order valence-corrected chi connectivity index (χ3v) is 8.36. The predicted molar refractivity (Wildman–Crippen MR) is 168 cm³/mol. The summed E-state index contributed by atoms with van der Waals surface area (Å²) in [5.74, 6) is -0.107. The van der Waals surface area contributed by atoms with Crippen molar-refractivity contribution in [1.29, 1.82) is 5.26 Å². The largest absolute Gasteiger partial charge is 0.493 e. The first-order valence-corrected chi connectivity index (χ1v) is 15.3. The van der Waals surface area contributed by atoms with E-state index >= 15 is 0 Å². The molecular weight excluding hydrogens is 564 g/mol. The van der Waals surface area contributed by atoms with Crippen molar-refractivity contribution >= 4 is 29.7 Å². The van der Waals surface area contributed by atoms with Crippen LogP contribution in [0.4, 0.5) is 0 Å². The molecule has 0 aliphatic carbocycles. The number of pyridine rings is 1. The molecule has 2 saturated heterocycles. The summed E-state index contributed by atoms with van der Waals surface area (Å²) in [6, 6.07) is 17.2. The van der Waals surface area contributed by atoms with Gasteiger partial charge in [-0.25, -0.2) is 0 Å². The molecule has 0 amide bonds. The van der Waals surface area contributed by atoms with Crippen LogP contribution in [0.3, 0.4) is 0 Å². The third kappa shape index (κ3) is 8.01. The number of nitrogens with zero attached hydrogens (tertiary/aromatic N) is 4. The van der Waals surface area contributed by atoms with Gasteiger partial charge >= 0.3 is 5.97 Å². The van der Waals surface area contributed by atoms with E-state index in [0.717, 1.165) is 74.4 Å². The number of rotatable bonds is 11. The van der Waals surface area contributed by atoms with Gasteiger partial charge in [0.25, 0.3) is 0 Å². The molecule has 2 fully saturated rings. The van der Waals surface area contributed by atoms with E-state index in [1.165, 1.54) is 0 Å². The van der Waals surface area contributed by atoms with Gasteiger partial charge in [-0.15, -0.1) is 0 Å². The van der Waals surface area contributed by atoms with Crippen LogP contribution in [0, 0.1) is 11.3 Å².